The molecule has 2 heterocycles. The highest BCUT2D eigenvalue weighted by Gasteiger charge is 2.23. The van der Waals surface area contributed by atoms with Crippen molar-refractivity contribution in [3.63, 3.8) is 0 Å². The van der Waals surface area contributed by atoms with Crippen molar-refractivity contribution in [2.24, 2.45) is 0 Å². The molecular weight excluding hydrogens is 236 g/mol. The molecule has 1 aromatic rings. The molecule has 1 saturated heterocycles. The zero-order valence-corrected chi connectivity index (χ0v) is 13.2. The highest BCUT2D eigenvalue weighted by atomic mass is 15.3. The normalized spacial score (nSPS) is 21.9. The van der Waals surface area contributed by atoms with Crippen LogP contribution in [0.3, 0.4) is 0 Å². The maximum atomic E-state index is 4.74. The molecule has 1 aliphatic rings. The monoisotopic (exact) mass is 264 g/mol. The van der Waals surface area contributed by atoms with Crippen LogP contribution in [-0.2, 0) is 12.1 Å². The van der Waals surface area contributed by atoms with Gasteiger partial charge in [-0.25, -0.2) is 0 Å². The second-order valence-corrected chi connectivity index (χ2v) is 6.82. The van der Waals surface area contributed by atoms with Crippen LogP contribution >= 0.6 is 0 Å². The molecule has 4 nitrogen and oxygen atoms in total. The number of nitrogens with zero attached hydrogens (tertiary/aromatic N) is 3. The minimum Gasteiger partial charge on any atom is -0.312 e. The Labute approximate surface area is 117 Å². The van der Waals surface area contributed by atoms with E-state index in [9.17, 15) is 0 Å². The molecule has 1 aliphatic heterocycles. The third-order valence-electron chi connectivity index (χ3n) is 3.91. The van der Waals surface area contributed by atoms with E-state index >= 15 is 0 Å². The fourth-order valence-electron chi connectivity index (χ4n) is 2.94. The Morgan fingerprint density at radius 3 is 2.53 bits per heavy atom. The van der Waals surface area contributed by atoms with Gasteiger partial charge in [0.25, 0.3) is 0 Å². The van der Waals surface area contributed by atoms with E-state index in [1.54, 1.807) is 0 Å². The first-order chi connectivity index (χ1) is 8.79. The van der Waals surface area contributed by atoms with Crippen LogP contribution in [0.25, 0.3) is 0 Å². The molecule has 1 fully saturated rings. The number of rotatable bonds is 2. The predicted molar refractivity (Wildman–Crippen MR) is 79.4 cm³/mol. The molecule has 0 radical (unpaired) electrons. The molecule has 1 atom stereocenters. The minimum atomic E-state index is 0.0594. The van der Waals surface area contributed by atoms with E-state index in [-0.39, 0.29) is 5.54 Å². The molecule has 0 spiro atoms. The lowest BCUT2D eigenvalue weighted by Crippen LogP contribution is -2.48. The molecular formula is C15H28N4. The summed E-state index contributed by atoms with van der Waals surface area (Å²) in [7, 11) is 0. The van der Waals surface area contributed by atoms with E-state index < -0.39 is 0 Å². The van der Waals surface area contributed by atoms with Crippen LogP contribution in [0.1, 0.15) is 44.6 Å². The number of aromatic nitrogens is 2. The van der Waals surface area contributed by atoms with Gasteiger partial charge in [-0.05, 0) is 41.5 Å². The summed E-state index contributed by atoms with van der Waals surface area (Å²) >= 11 is 0. The molecule has 1 aromatic heterocycles. The third-order valence-corrected chi connectivity index (χ3v) is 3.91. The van der Waals surface area contributed by atoms with Crippen molar-refractivity contribution in [1.29, 1.82) is 0 Å². The van der Waals surface area contributed by atoms with Crippen LogP contribution in [0.2, 0.25) is 0 Å². The van der Waals surface area contributed by atoms with E-state index in [2.05, 4.69) is 56.4 Å². The smallest absolute Gasteiger partial charge is 0.0641 e. The lowest BCUT2D eigenvalue weighted by Gasteiger charge is -2.32. The van der Waals surface area contributed by atoms with Gasteiger partial charge in [0, 0.05) is 43.5 Å². The van der Waals surface area contributed by atoms with Gasteiger partial charge in [0.05, 0.1) is 11.2 Å². The van der Waals surface area contributed by atoms with Crippen molar-refractivity contribution < 1.29 is 0 Å². The number of piperazine rings is 1. The standard InChI is InChI=1S/C15H28N4/c1-11-9-18(8-7-16-11)10-14-12(2)17-19(13(14)3)15(4,5)6/h11,16H,7-10H2,1-6H3/t11-/m1/s1. The Kier molecular flexibility index (Phi) is 4.02. The average Bonchev–Trinajstić information content (AvgIpc) is 2.57. The number of hydrogen-bond acceptors (Lipinski definition) is 3. The molecule has 0 aliphatic carbocycles. The molecule has 19 heavy (non-hydrogen) atoms. The topological polar surface area (TPSA) is 33.1 Å². The predicted octanol–water partition coefficient (Wildman–Crippen LogP) is 2.05. The lowest BCUT2D eigenvalue weighted by molar-refractivity contribution is 0.199. The summed E-state index contributed by atoms with van der Waals surface area (Å²) in [5, 5.41) is 8.23. The van der Waals surface area contributed by atoms with Gasteiger partial charge in [0.15, 0.2) is 0 Å². The van der Waals surface area contributed by atoms with Gasteiger partial charge in [-0.15, -0.1) is 0 Å². The van der Waals surface area contributed by atoms with Gasteiger partial charge >= 0.3 is 0 Å². The average molecular weight is 264 g/mol. The first-order valence-corrected chi connectivity index (χ1v) is 7.30. The third kappa shape index (κ3) is 3.18. The first-order valence-electron chi connectivity index (χ1n) is 7.30. The molecule has 0 amide bonds. The summed E-state index contributed by atoms with van der Waals surface area (Å²) in [4.78, 5) is 2.53. The van der Waals surface area contributed by atoms with E-state index in [1.165, 1.54) is 17.0 Å². The van der Waals surface area contributed by atoms with Crippen LogP contribution in [0.4, 0.5) is 0 Å². The Morgan fingerprint density at radius 1 is 1.32 bits per heavy atom. The van der Waals surface area contributed by atoms with Gasteiger partial charge in [-0.2, -0.15) is 5.10 Å². The highest BCUT2D eigenvalue weighted by Crippen LogP contribution is 2.22. The van der Waals surface area contributed by atoms with Crippen LogP contribution < -0.4 is 5.32 Å². The Morgan fingerprint density at radius 2 is 2.00 bits per heavy atom. The quantitative estimate of drug-likeness (QED) is 0.887. The van der Waals surface area contributed by atoms with Crippen LogP contribution in [0.5, 0.6) is 0 Å². The largest absolute Gasteiger partial charge is 0.312 e. The highest BCUT2D eigenvalue weighted by molar-refractivity contribution is 5.25. The zero-order valence-electron chi connectivity index (χ0n) is 13.2. The van der Waals surface area contributed by atoms with Gasteiger partial charge in [-0.3, -0.25) is 9.58 Å². The fraction of sp³-hybridized carbons (Fsp3) is 0.800. The molecule has 108 valence electrons. The molecule has 0 bridgehead atoms. The molecule has 0 unspecified atom stereocenters. The van der Waals surface area contributed by atoms with Crippen molar-refractivity contribution in [1.82, 2.24) is 20.0 Å². The molecule has 0 saturated carbocycles. The summed E-state index contributed by atoms with van der Waals surface area (Å²) in [5.41, 5.74) is 3.96. The summed E-state index contributed by atoms with van der Waals surface area (Å²) in [6, 6.07) is 0.590. The molecule has 1 N–H and O–H groups in total. The zero-order chi connectivity index (χ0) is 14.2. The van der Waals surface area contributed by atoms with Crippen molar-refractivity contribution in [2.45, 2.75) is 59.7 Å². The summed E-state index contributed by atoms with van der Waals surface area (Å²) in [5.74, 6) is 0. The Bertz CT molecular complexity index is 442. The molecule has 4 heteroatoms. The number of aryl methyl sites for hydroxylation is 1. The van der Waals surface area contributed by atoms with Crippen molar-refractivity contribution in [2.75, 3.05) is 19.6 Å². The van der Waals surface area contributed by atoms with Crippen molar-refractivity contribution in [3.05, 3.63) is 17.0 Å². The van der Waals surface area contributed by atoms with E-state index in [0.717, 1.165) is 26.2 Å². The number of nitrogens with one attached hydrogen (secondary N) is 1. The van der Waals surface area contributed by atoms with Crippen LogP contribution in [0.15, 0.2) is 0 Å². The Balaban J connectivity index is 2.19. The van der Waals surface area contributed by atoms with E-state index in [4.69, 9.17) is 5.10 Å². The summed E-state index contributed by atoms with van der Waals surface area (Å²) < 4.78 is 2.17. The van der Waals surface area contributed by atoms with Crippen LogP contribution in [-0.4, -0.2) is 40.4 Å². The van der Waals surface area contributed by atoms with Gasteiger partial charge in [0.1, 0.15) is 0 Å². The second kappa shape index (κ2) is 5.25. The van der Waals surface area contributed by atoms with Crippen LogP contribution in [0, 0.1) is 13.8 Å². The van der Waals surface area contributed by atoms with Gasteiger partial charge in [-0.1, -0.05) is 0 Å². The van der Waals surface area contributed by atoms with E-state index in [1.807, 2.05) is 0 Å². The maximum Gasteiger partial charge on any atom is 0.0641 e. The second-order valence-electron chi connectivity index (χ2n) is 6.82. The van der Waals surface area contributed by atoms with Crippen molar-refractivity contribution in [3.8, 4) is 0 Å². The van der Waals surface area contributed by atoms with Gasteiger partial charge in [0.2, 0.25) is 0 Å². The first kappa shape index (κ1) is 14.5. The molecule has 0 aromatic carbocycles. The van der Waals surface area contributed by atoms with E-state index in [0.29, 0.717) is 6.04 Å². The number of hydrogen-bond donors (Lipinski definition) is 1. The fourth-order valence-corrected chi connectivity index (χ4v) is 2.94. The Hall–Kier alpha value is -0.870. The lowest BCUT2D eigenvalue weighted by atomic mass is 10.1. The summed E-state index contributed by atoms with van der Waals surface area (Å²) in [6.07, 6.45) is 0. The summed E-state index contributed by atoms with van der Waals surface area (Å²) in [6.45, 7) is 17.6. The minimum absolute atomic E-state index is 0.0594. The van der Waals surface area contributed by atoms with Gasteiger partial charge < -0.3 is 5.32 Å². The SMILES string of the molecule is Cc1nn(C(C)(C)C)c(C)c1CN1CCN[C@H](C)C1. The maximum absolute atomic E-state index is 4.74. The molecule has 2 rings (SSSR count). The van der Waals surface area contributed by atoms with Crippen molar-refractivity contribution >= 4 is 0 Å².